The first kappa shape index (κ1) is 20.4. The average Bonchev–Trinajstić information content (AvgIpc) is 2.68. The van der Waals surface area contributed by atoms with Gasteiger partial charge in [0.2, 0.25) is 11.8 Å². The first-order valence-electron chi connectivity index (χ1n) is 8.19. The Labute approximate surface area is 162 Å². The van der Waals surface area contributed by atoms with Gasteiger partial charge in [-0.15, -0.1) is 0 Å². The maximum atomic E-state index is 12.1. The molecule has 0 aliphatic rings. The maximum absolute atomic E-state index is 12.1. The predicted molar refractivity (Wildman–Crippen MR) is 103 cm³/mol. The fraction of sp³-hybridized carbons (Fsp3) is 0.263. The summed E-state index contributed by atoms with van der Waals surface area (Å²) >= 11 is 6.03. The molecule has 0 heterocycles. The molecule has 0 radical (unpaired) electrons. The van der Waals surface area contributed by atoms with E-state index in [2.05, 4.69) is 10.6 Å². The van der Waals surface area contributed by atoms with Crippen molar-refractivity contribution in [1.29, 1.82) is 0 Å². The van der Waals surface area contributed by atoms with Crippen LogP contribution in [0.3, 0.4) is 0 Å². The van der Waals surface area contributed by atoms with E-state index >= 15 is 0 Å². The van der Waals surface area contributed by atoms with E-state index in [1.54, 1.807) is 18.2 Å². The van der Waals surface area contributed by atoms with Crippen molar-refractivity contribution >= 4 is 29.1 Å². The molecule has 2 aromatic carbocycles. The van der Waals surface area contributed by atoms with E-state index in [0.29, 0.717) is 28.0 Å². The van der Waals surface area contributed by atoms with Crippen molar-refractivity contribution in [2.45, 2.75) is 6.42 Å². The van der Waals surface area contributed by atoms with Gasteiger partial charge in [0, 0.05) is 12.1 Å². The monoisotopic (exact) mass is 392 g/mol. The summed E-state index contributed by atoms with van der Waals surface area (Å²) in [5.41, 5.74) is 0.394. The fourth-order valence-corrected chi connectivity index (χ4v) is 2.43. The molecule has 0 unspecified atom stereocenters. The minimum atomic E-state index is -0.407. The molecule has 0 spiro atoms. The Morgan fingerprint density at radius 3 is 2.37 bits per heavy atom. The third kappa shape index (κ3) is 6.38. The molecule has 2 N–H and O–H groups in total. The second-order valence-electron chi connectivity index (χ2n) is 5.42. The smallest absolute Gasteiger partial charge is 0.243 e. The third-order valence-electron chi connectivity index (χ3n) is 3.54. The van der Waals surface area contributed by atoms with Gasteiger partial charge in [-0.2, -0.15) is 0 Å². The molecule has 2 amide bonds. The van der Waals surface area contributed by atoms with Crippen molar-refractivity contribution in [1.82, 2.24) is 5.32 Å². The molecule has 0 bridgehead atoms. The normalized spacial score (nSPS) is 10.0. The van der Waals surface area contributed by atoms with E-state index in [9.17, 15) is 9.59 Å². The number of nitrogens with one attached hydrogen (secondary N) is 2. The van der Waals surface area contributed by atoms with Crippen LogP contribution in [0.5, 0.6) is 17.2 Å². The Morgan fingerprint density at radius 2 is 1.70 bits per heavy atom. The molecule has 0 saturated heterocycles. The SMILES string of the molecule is COc1cc(NC(=O)CNC(=O)CCOc2ccccc2)c(OC)cc1Cl. The number of hydrogen-bond acceptors (Lipinski definition) is 5. The highest BCUT2D eigenvalue weighted by Gasteiger charge is 2.13. The number of para-hydroxylation sites is 1. The zero-order valence-corrected chi connectivity index (χ0v) is 15.8. The maximum Gasteiger partial charge on any atom is 0.243 e. The Kier molecular flexibility index (Phi) is 7.76. The molecule has 0 fully saturated rings. The van der Waals surface area contributed by atoms with Crippen LogP contribution in [0.25, 0.3) is 0 Å². The Bertz CT molecular complexity index is 783. The van der Waals surface area contributed by atoms with Gasteiger partial charge < -0.3 is 24.8 Å². The van der Waals surface area contributed by atoms with E-state index in [1.165, 1.54) is 20.3 Å². The van der Waals surface area contributed by atoms with E-state index < -0.39 is 5.91 Å². The van der Waals surface area contributed by atoms with Crippen LogP contribution in [0.1, 0.15) is 6.42 Å². The lowest BCUT2D eigenvalue weighted by molar-refractivity contribution is -0.124. The molecular weight excluding hydrogens is 372 g/mol. The van der Waals surface area contributed by atoms with E-state index in [0.717, 1.165) is 0 Å². The Morgan fingerprint density at radius 1 is 1.00 bits per heavy atom. The molecule has 0 aromatic heterocycles. The molecule has 0 saturated carbocycles. The Balaban J connectivity index is 1.79. The summed E-state index contributed by atoms with van der Waals surface area (Å²) in [6, 6.07) is 12.3. The summed E-state index contributed by atoms with van der Waals surface area (Å²) in [5, 5.41) is 5.55. The quantitative estimate of drug-likeness (QED) is 0.685. The standard InChI is InChI=1S/C19H21ClN2O5/c1-25-16-11-15(17(26-2)10-14(16)20)22-19(24)12-21-18(23)8-9-27-13-6-4-3-5-7-13/h3-7,10-11H,8-9,12H2,1-2H3,(H,21,23)(H,22,24). The highest BCUT2D eigenvalue weighted by atomic mass is 35.5. The van der Waals surface area contributed by atoms with Gasteiger partial charge >= 0.3 is 0 Å². The number of benzene rings is 2. The van der Waals surface area contributed by atoms with Crippen LogP contribution in [0.2, 0.25) is 5.02 Å². The zero-order chi connectivity index (χ0) is 19.6. The molecule has 144 valence electrons. The summed E-state index contributed by atoms with van der Waals surface area (Å²) in [5.74, 6) is 0.773. The third-order valence-corrected chi connectivity index (χ3v) is 3.83. The molecule has 7 nitrogen and oxygen atoms in total. The van der Waals surface area contributed by atoms with Gasteiger partial charge in [-0.3, -0.25) is 9.59 Å². The largest absolute Gasteiger partial charge is 0.495 e. The van der Waals surface area contributed by atoms with Crippen LogP contribution in [0, 0.1) is 0 Å². The zero-order valence-electron chi connectivity index (χ0n) is 15.1. The van der Waals surface area contributed by atoms with Crippen LogP contribution in [-0.4, -0.2) is 39.2 Å². The first-order valence-corrected chi connectivity index (χ1v) is 8.57. The lowest BCUT2D eigenvalue weighted by Gasteiger charge is -2.13. The second-order valence-corrected chi connectivity index (χ2v) is 5.83. The van der Waals surface area contributed by atoms with Crippen molar-refractivity contribution in [3.05, 3.63) is 47.5 Å². The van der Waals surface area contributed by atoms with Gasteiger partial charge in [-0.1, -0.05) is 29.8 Å². The summed E-state index contributed by atoms with van der Waals surface area (Å²) < 4.78 is 15.8. The van der Waals surface area contributed by atoms with Crippen molar-refractivity contribution in [3.8, 4) is 17.2 Å². The number of amides is 2. The molecule has 27 heavy (non-hydrogen) atoms. The van der Waals surface area contributed by atoms with Gasteiger partial charge in [0.15, 0.2) is 0 Å². The molecule has 0 aliphatic carbocycles. The van der Waals surface area contributed by atoms with Gasteiger partial charge in [0.05, 0.1) is 44.5 Å². The molecule has 2 rings (SSSR count). The highest BCUT2D eigenvalue weighted by molar-refractivity contribution is 6.32. The molecule has 0 atom stereocenters. The number of halogens is 1. The van der Waals surface area contributed by atoms with Crippen LogP contribution < -0.4 is 24.8 Å². The second kappa shape index (κ2) is 10.3. The summed E-state index contributed by atoms with van der Waals surface area (Å²) in [6.45, 7) is 0.0396. The Hall–Kier alpha value is -2.93. The van der Waals surface area contributed by atoms with Gasteiger partial charge in [-0.05, 0) is 12.1 Å². The van der Waals surface area contributed by atoms with Crippen molar-refractivity contribution in [3.63, 3.8) is 0 Å². The first-order chi connectivity index (χ1) is 13.0. The van der Waals surface area contributed by atoms with Crippen LogP contribution in [0.15, 0.2) is 42.5 Å². The molecular formula is C19H21ClN2O5. The van der Waals surface area contributed by atoms with Crippen molar-refractivity contribution < 1.29 is 23.8 Å². The topological polar surface area (TPSA) is 85.9 Å². The van der Waals surface area contributed by atoms with Crippen LogP contribution in [0.4, 0.5) is 5.69 Å². The summed E-state index contributed by atoms with van der Waals surface area (Å²) in [6.07, 6.45) is 0.139. The van der Waals surface area contributed by atoms with E-state index in [1.807, 2.05) is 18.2 Å². The van der Waals surface area contributed by atoms with Gasteiger partial charge in [0.25, 0.3) is 0 Å². The van der Waals surface area contributed by atoms with E-state index in [-0.39, 0.29) is 25.5 Å². The van der Waals surface area contributed by atoms with Crippen LogP contribution >= 0.6 is 11.6 Å². The average molecular weight is 393 g/mol. The molecule has 0 aliphatic heterocycles. The van der Waals surface area contributed by atoms with Gasteiger partial charge in [-0.25, -0.2) is 0 Å². The molecule has 8 heteroatoms. The minimum absolute atomic E-state index is 0.139. The van der Waals surface area contributed by atoms with E-state index in [4.69, 9.17) is 25.8 Å². The highest BCUT2D eigenvalue weighted by Crippen LogP contribution is 2.35. The predicted octanol–water partition coefficient (Wildman–Crippen LogP) is 2.88. The number of carbonyl (C=O) groups excluding carboxylic acids is 2. The fourth-order valence-electron chi connectivity index (χ4n) is 2.20. The number of anilines is 1. The lowest BCUT2D eigenvalue weighted by Crippen LogP contribution is -2.33. The number of methoxy groups -OCH3 is 2. The number of rotatable bonds is 9. The number of ether oxygens (including phenoxy) is 3. The van der Waals surface area contributed by atoms with Crippen LogP contribution in [-0.2, 0) is 9.59 Å². The van der Waals surface area contributed by atoms with Crippen molar-refractivity contribution in [2.24, 2.45) is 0 Å². The molecule has 2 aromatic rings. The number of hydrogen-bond donors (Lipinski definition) is 2. The lowest BCUT2D eigenvalue weighted by atomic mass is 10.2. The number of carbonyl (C=O) groups is 2. The summed E-state index contributed by atoms with van der Waals surface area (Å²) in [4.78, 5) is 23.9. The van der Waals surface area contributed by atoms with Gasteiger partial charge in [0.1, 0.15) is 17.2 Å². The van der Waals surface area contributed by atoms with Crippen molar-refractivity contribution in [2.75, 3.05) is 32.7 Å². The summed E-state index contributed by atoms with van der Waals surface area (Å²) in [7, 11) is 2.93. The minimum Gasteiger partial charge on any atom is -0.495 e.